The van der Waals surface area contributed by atoms with Crippen LogP contribution in [0.4, 0.5) is 11.4 Å². The molecule has 0 spiro atoms. The number of aromatic amines is 2. The molecular weight excluding hydrogens is 1700 g/mol. The van der Waals surface area contributed by atoms with Crippen LogP contribution in [-0.2, 0) is 42.6 Å². The molecule has 0 saturated heterocycles. The Morgan fingerprint density at radius 3 is 1.01 bits per heavy atom. The summed E-state index contributed by atoms with van der Waals surface area (Å²) in [7, 11) is 11.9. The first-order valence-electron chi connectivity index (χ1n) is 44.1. The van der Waals surface area contributed by atoms with E-state index in [0.29, 0.717) is 56.9 Å². The molecule has 0 radical (unpaired) electrons. The van der Waals surface area contributed by atoms with E-state index >= 15 is 0 Å². The fraction of sp³-hybridized carbons (Fsp3) is 0.160. The molecular formula is C106H97N21O8+4. The lowest BCUT2D eigenvalue weighted by Gasteiger charge is -2.16. The van der Waals surface area contributed by atoms with Gasteiger partial charge in [0.1, 0.15) is 52.9 Å². The van der Waals surface area contributed by atoms with Crippen LogP contribution < -0.4 is 34.6 Å². The lowest BCUT2D eigenvalue weighted by molar-refractivity contribution is -0.671. The first-order valence-corrected chi connectivity index (χ1v) is 44.1. The van der Waals surface area contributed by atoms with Crippen molar-refractivity contribution >= 4 is 126 Å². The van der Waals surface area contributed by atoms with Gasteiger partial charge in [0.05, 0.1) is 74.5 Å². The van der Waals surface area contributed by atoms with Crippen LogP contribution in [0.15, 0.2) is 394 Å². The molecule has 2 amide bonds. The number of benzene rings is 2. The number of amides is 2. The molecule has 0 saturated carbocycles. The summed E-state index contributed by atoms with van der Waals surface area (Å²) >= 11 is 0. The van der Waals surface area contributed by atoms with Gasteiger partial charge in [-0.25, -0.2) is 73.0 Å². The molecule has 670 valence electrons. The third-order valence-electron chi connectivity index (χ3n) is 23.8. The lowest BCUT2D eigenvalue weighted by atomic mass is 9.97. The number of aryl methyl sites for hydroxylation is 4. The van der Waals surface area contributed by atoms with E-state index in [4.69, 9.17) is 35.7 Å². The highest BCUT2D eigenvalue weighted by Gasteiger charge is 2.33. The van der Waals surface area contributed by atoms with Gasteiger partial charge in [-0.2, -0.15) is 0 Å². The minimum absolute atomic E-state index is 0.221. The van der Waals surface area contributed by atoms with Gasteiger partial charge in [0.25, 0.3) is 0 Å². The molecule has 10 aliphatic rings. The monoisotopic (exact) mass is 1790 g/mol. The Bertz CT molecular complexity index is 7210. The Balaban J connectivity index is 0.586. The van der Waals surface area contributed by atoms with Crippen molar-refractivity contribution in [3.8, 4) is 0 Å². The number of anilines is 2. The number of nitrogens with one attached hydrogen (secondary N) is 4. The molecule has 18 rings (SSSR count). The lowest BCUT2D eigenvalue weighted by Crippen LogP contribution is -2.31. The van der Waals surface area contributed by atoms with Gasteiger partial charge in [-0.15, -0.1) is 0 Å². The number of hydrogen-bond acceptors (Lipinski definition) is 16. The van der Waals surface area contributed by atoms with Gasteiger partial charge in [-0.1, -0.05) is 24.3 Å². The molecule has 16 bridgehead atoms. The van der Waals surface area contributed by atoms with Crippen molar-refractivity contribution in [1.82, 2.24) is 19.8 Å². The largest absolute Gasteiger partial charge is 0.495 e. The van der Waals surface area contributed by atoms with Crippen molar-refractivity contribution in [2.45, 2.75) is 63.7 Å². The number of nitrogens with two attached hydrogens (primary N) is 1. The summed E-state index contributed by atoms with van der Waals surface area (Å²) in [6.45, 7) is 1.96. The number of carboxylic acids is 1. The van der Waals surface area contributed by atoms with E-state index < -0.39 is 72.1 Å². The molecule has 135 heavy (non-hydrogen) atoms. The number of carbonyl (C=O) groups is 3. The number of aliphatic hydroxyl groups excluding tert-OH is 4. The number of rotatable bonds is 23. The second-order valence-electron chi connectivity index (χ2n) is 33.7. The zero-order valence-electron chi connectivity index (χ0n) is 75.3. The number of H-pyrrole nitrogens is 2. The normalized spacial score (nSPS) is 17.8. The van der Waals surface area contributed by atoms with Crippen molar-refractivity contribution in [1.29, 1.82) is 0 Å². The van der Waals surface area contributed by atoms with Gasteiger partial charge in [0.15, 0.2) is 55.5 Å². The molecule has 16 heterocycles. The van der Waals surface area contributed by atoms with Gasteiger partial charge in [0, 0.05) is 179 Å². The van der Waals surface area contributed by atoms with E-state index in [1.165, 1.54) is 13.8 Å². The topological polar surface area (TPSA) is 380 Å². The van der Waals surface area contributed by atoms with Crippen LogP contribution in [0.25, 0.3) is 39.0 Å². The van der Waals surface area contributed by atoms with E-state index in [2.05, 4.69) is 119 Å². The Morgan fingerprint density at radius 2 is 0.659 bits per heavy atom. The number of fused-ring (bicyclic) bond motifs is 10. The van der Waals surface area contributed by atoms with Crippen LogP contribution in [0.3, 0.4) is 0 Å². The van der Waals surface area contributed by atoms with Crippen molar-refractivity contribution < 1.29 is 58.2 Å². The average Bonchev–Trinajstić information content (AvgIpc) is 1.62. The summed E-state index contributed by atoms with van der Waals surface area (Å²) in [6, 6.07) is 33.9. The molecule has 11 N–H and O–H groups in total. The van der Waals surface area contributed by atoms with Crippen LogP contribution in [0.5, 0.6) is 0 Å². The summed E-state index contributed by atoms with van der Waals surface area (Å²) in [5.74, 6) is -5.25. The third kappa shape index (κ3) is 19.4. The number of allylic oxidation sites excluding steroid dienone is 23. The maximum Gasteiger partial charge on any atom is 0.328 e. The molecule has 0 aliphatic carbocycles. The molecule has 29 nitrogen and oxygen atoms in total. The van der Waals surface area contributed by atoms with Crippen molar-refractivity contribution in [3.63, 3.8) is 0 Å². The number of aliphatic hydroxyl groups is 4. The average molecular weight is 1790 g/mol. The van der Waals surface area contributed by atoms with E-state index in [-0.39, 0.29) is 25.7 Å². The van der Waals surface area contributed by atoms with Gasteiger partial charge in [0.2, 0.25) is 29.5 Å². The molecule has 8 aromatic rings. The third-order valence-corrected chi connectivity index (χ3v) is 23.8. The van der Waals surface area contributed by atoms with E-state index in [1.807, 2.05) is 260 Å². The molecule has 2 aromatic carbocycles. The molecule has 4 atom stereocenters. The number of nitrogens with zero attached hydrogens (tertiary/aromatic N) is 16. The van der Waals surface area contributed by atoms with Crippen molar-refractivity contribution in [2.24, 2.45) is 83.8 Å². The zero-order chi connectivity index (χ0) is 93.8. The minimum Gasteiger partial charge on any atom is -0.495 e. The Kier molecular flexibility index (Phi) is 24.9. The maximum atomic E-state index is 14.1. The van der Waals surface area contributed by atoms with Gasteiger partial charge in [-0.05, 0) is 217 Å². The first-order chi connectivity index (χ1) is 65.3. The molecule has 10 aliphatic heterocycles. The first kappa shape index (κ1) is 88.4. The SMILES string of the molecule is C[C@H](N)C(O)=N[C@@H](CCC(=O)Nc1ccc(C2=C3C=CC(=N3)C(=C3C=CN(C)C=C3)c3ccc([nH]3)C(c3cc[n+](C)cc3)=C3C=CC(=N3)C(c3cc[n+](C)cc3)=C3C=CC2=N3)cc1)C(O)=NCC(O)=N[C@@H](CCC(=O)Nc1ccc(C2=C3C=CC(=N3)C(c3cc[n+](C)cc3)=C3C=CC(=N3)C(=C3C=CN(C)C=C3)C3=NC(=C(c4cc[n+](C)cc4)c4ccc2[nH]4)C=C3)cc1)C(O)=N[C@@H](C)C(=O)O. The summed E-state index contributed by atoms with van der Waals surface area (Å²) in [5.41, 5.74) is 32.2. The van der Waals surface area contributed by atoms with Gasteiger partial charge in [-0.3, -0.25) is 9.59 Å². The number of pyridine rings is 4. The van der Waals surface area contributed by atoms with Crippen LogP contribution in [0.1, 0.15) is 95.7 Å². The highest BCUT2D eigenvalue weighted by molar-refractivity contribution is 6.39. The fourth-order valence-electron chi connectivity index (χ4n) is 16.7. The second-order valence-corrected chi connectivity index (χ2v) is 33.7. The quantitative estimate of drug-likeness (QED) is 0.0163. The molecule has 0 unspecified atom stereocenters. The smallest absolute Gasteiger partial charge is 0.328 e. The summed E-state index contributed by atoms with van der Waals surface area (Å²) in [5, 5.41) is 61.2. The van der Waals surface area contributed by atoms with Crippen LogP contribution in [0.2, 0.25) is 0 Å². The molecule has 6 aromatic heterocycles. The summed E-state index contributed by atoms with van der Waals surface area (Å²) in [4.78, 5) is 101. The van der Waals surface area contributed by atoms with Crippen molar-refractivity contribution in [3.05, 3.63) is 400 Å². The summed E-state index contributed by atoms with van der Waals surface area (Å²) in [6.07, 6.45) is 55.4. The van der Waals surface area contributed by atoms with E-state index in [0.717, 1.165) is 135 Å². The number of aliphatic carboxylic acids is 1. The second kappa shape index (κ2) is 38.1. The Labute approximate surface area is 778 Å². The highest BCUT2D eigenvalue weighted by Crippen LogP contribution is 2.43. The predicted octanol–water partition coefficient (Wildman–Crippen LogP) is 13.8. The minimum atomic E-state index is -1.50. The summed E-state index contributed by atoms with van der Waals surface area (Å²) < 4.78 is 7.93. The van der Waals surface area contributed by atoms with Gasteiger partial charge >= 0.3 is 5.97 Å². The number of hydrogen-bond donors (Lipinski definition) is 10. The highest BCUT2D eigenvalue weighted by atomic mass is 16.4. The number of carboxylic acid groups (broad SMARTS) is 1. The standard InChI is InChI=1S/C106H93N21O8/c1-62(107)103(131)121-90(33-35-92(128)110-72-13-9-64(10-14-72)95-74-17-21-78(112-74)97(66-37-49-122(3)50-38-66)82-25-29-86(116-82)101(70-45-57-126(7)58-46-70)87-30-26-83(117-87)98(79-22-18-75(95)113-79)67-39-51-123(4)52-40-67)104(132)108-61-94(130)120-91(105(133)109-63(2)106(134)135)34-36-93(129)111-73-15-11-65(12-16-73)96-76-19-23-80(114-76)99(68-41-53-124(5)54-42-68)84-27-31-88(118-84)102(71-47-59-127(8)60-48-71)89-32-28-85(119-89)100(81-24-20-77(96)115-81)69-43-55-125(6)56-44-69/h9-32,37-60,62-63,90-91H,33-36,61,107H2,1-8H3,(H5-4,108,109,110,111,112,113,114,115,116,117,118,119,120,121,128,129,130,131,132,133,134,135)/p+4/t62-,63-,90-,91-/m0/s1. The van der Waals surface area contributed by atoms with Crippen LogP contribution in [-0.4, -0.2) is 166 Å². The number of carbonyl (C=O) groups excluding carboxylic acids is 2. The Hall–Kier alpha value is -17.2. The molecule has 29 heteroatoms. The number of aliphatic imine (C=N–C) groups is 10. The zero-order valence-corrected chi connectivity index (χ0v) is 75.3. The van der Waals surface area contributed by atoms with Gasteiger partial charge < -0.3 is 61.7 Å². The Morgan fingerprint density at radius 1 is 0.363 bits per heavy atom. The fourth-order valence-corrected chi connectivity index (χ4v) is 16.7. The number of aromatic nitrogens is 6. The van der Waals surface area contributed by atoms with E-state index in [1.54, 1.807) is 24.3 Å². The molecule has 0 fully saturated rings. The predicted molar refractivity (Wildman–Crippen MR) is 528 cm³/mol. The van der Waals surface area contributed by atoms with Crippen LogP contribution >= 0.6 is 0 Å². The van der Waals surface area contributed by atoms with E-state index in [9.17, 15) is 39.9 Å². The van der Waals surface area contributed by atoms with Crippen molar-refractivity contribution in [2.75, 3.05) is 31.3 Å². The van der Waals surface area contributed by atoms with Crippen LogP contribution in [0, 0.1) is 0 Å². The maximum absolute atomic E-state index is 14.1.